The van der Waals surface area contributed by atoms with Crippen LogP contribution in [0.3, 0.4) is 0 Å². The number of aryl methyl sites for hydroxylation is 2. The molecule has 0 saturated carbocycles. The maximum absolute atomic E-state index is 10.3. The zero-order valence-electron chi connectivity index (χ0n) is 11.7. The molecule has 1 aliphatic rings. The van der Waals surface area contributed by atoms with Gasteiger partial charge >= 0.3 is 0 Å². The van der Waals surface area contributed by atoms with Gasteiger partial charge in [0.25, 0.3) is 0 Å². The second-order valence-electron chi connectivity index (χ2n) is 5.04. The lowest BCUT2D eigenvalue weighted by Crippen LogP contribution is -2.42. The Hall–Kier alpha value is -1.06. The van der Waals surface area contributed by atoms with Crippen molar-refractivity contribution < 1.29 is 9.84 Å². The Kier molecular flexibility index (Phi) is 3.93. The topological polar surface area (TPSA) is 32.7 Å². The summed E-state index contributed by atoms with van der Waals surface area (Å²) in [6.45, 7) is 10.7. The highest BCUT2D eigenvalue weighted by atomic mass is 16.5. The summed E-state index contributed by atoms with van der Waals surface area (Å²) in [5, 5.41) is 10.3. The van der Waals surface area contributed by atoms with E-state index in [1.807, 2.05) is 0 Å². The molecule has 0 saturated heterocycles. The zero-order valence-corrected chi connectivity index (χ0v) is 11.7. The van der Waals surface area contributed by atoms with E-state index < -0.39 is 6.10 Å². The summed E-state index contributed by atoms with van der Waals surface area (Å²) in [6.07, 6.45) is -0.446. The van der Waals surface area contributed by atoms with E-state index in [-0.39, 0.29) is 6.04 Å². The molecule has 0 radical (unpaired) electrons. The van der Waals surface area contributed by atoms with Gasteiger partial charge in [0.05, 0.1) is 6.04 Å². The van der Waals surface area contributed by atoms with Gasteiger partial charge in [-0.2, -0.15) is 0 Å². The first-order valence-corrected chi connectivity index (χ1v) is 6.74. The van der Waals surface area contributed by atoms with Gasteiger partial charge in [0.1, 0.15) is 18.5 Å². The number of aliphatic hydroxyl groups excluding tert-OH is 1. The van der Waals surface area contributed by atoms with Gasteiger partial charge in [0.2, 0.25) is 0 Å². The first kappa shape index (κ1) is 13.4. The largest absolute Gasteiger partial charge is 0.490 e. The molecule has 0 aromatic heterocycles. The number of benzene rings is 1. The molecular formula is C15H23NO2. The van der Waals surface area contributed by atoms with E-state index in [1.54, 1.807) is 0 Å². The van der Waals surface area contributed by atoms with Gasteiger partial charge in [0, 0.05) is 5.56 Å². The average Bonchev–Trinajstić information content (AvgIpc) is 2.33. The van der Waals surface area contributed by atoms with E-state index >= 15 is 0 Å². The van der Waals surface area contributed by atoms with Gasteiger partial charge in [-0.3, -0.25) is 4.90 Å². The minimum Gasteiger partial charge on any atom is -0.490 e. The fraction of sp³-hybridized carbons (Fsp3) is 0.600. The maximum atomic E-state index is 10.3. The molecule has 2 unspecified atom stereocenters. The van der Waals surface area contributed by atoms with Crippen molar-refractivity contribution in [1.29, 1.82) is 0 Å². The van der Waals surface area contributed by atoms with Gasteiger partial charge in [-0.15, -0.1) is 0 Å². The Balaban J connectivity index is 2.49. The van der Waals surface area contributed by atoms with Gasteiger partial charge < -0.3 is 9.84 Å². The van der Waals surface area contributed by atoms with Crippen LogP contribution in [0, 0.1) is 13.8 Å². The van der Waals surface area contributed by atoms with Crippen LogP contribution in [0.25, 0.3) is 0 Å². The lowest BCUT2D eigenvalue weighted by Gasteiger charge is -2.38. The second-order valence-corrected chi connectivity index (χ2v) is 5.04. The average molecular weight is 249 g/mol. The lowest BCUT2D eigenvalue weighted by atomic mass is 9.91. The summed E-state index contributed by atoms with van der Waals surface area (Å²) in [5.41, 5.74) is 3.57. The first-order chi connectivity index (χ1) is 8.58. The first-order valence-electron chi connectivity index (χ1n) is 6.74. The van der Waals surface area contributed by atoms with Crippen LogP contribution in [-0.4, -0.2) is 35.8 Å². The molecule has 1 heterocycles. The fourth-order valence-electron chi connectivity index (χ4n) is 2.94. The van der Waals surface area contributed by atoms with E-state index in [4.69, 9.17) is 4.74 Å². The number of nitrogens with zero attached hydrogens (tertiary/aromatic N) is 1. The Morgan fingerprint density at radius 3 is 2.56 bits per heavy atom. The number of hydrogen-bond acceptors (Lipinski definition) is 3. The number of likely N-dealkylation sites (N-methyl/N-ethyl adjacent to an activating group) is 1. The highest BCUT2D eigenvalue weighted by molar-refractivity contribution is 5.46. The van der Waals surface area contributed by atoms with Gasteiger partial charge in [-0.25, -0.2) is 0 Å². The summed E-state index contributed by atoms with van der Waals surface area (Å²) < 4.78 is 5.69. The van der Waals surface area contributed by atoms with E-state index in [0.717, 1.165) is 24.4 Å². The number of fused-ring (bicyclic) bond motifs is 1. The van der Waals surface area contributed by atoms with Crippen molar-refractivity contribution in [3.8, 4) is 5.75 Å². The number of hydrogen-bond donors (Lipinski definition) is 1. The number of aliphatic hydroxyl groups is 1. The third kappa shape index (κ3) is 2.25. The maximum Gasteiger partial charge on any atom is 0.124 e. The van der Waals surface area contributed by atoms with Crippen molar-refractivity contribution in [2.75, 3.05) is 19.7 Å². The predicted octanol–water partition coefficient (Wildman–Crippen LogP) is 2.44. The zero-order chi connectivity index (χ0) is 13.3. The molecular weight excluding hydrogens is 226 g/mol. The van der Waals surface area contributed by atoms with E-state index in [1.165, 1.54) is 11.1 Å². The monoisotopic (exact) mass is 249 g/mol. The Morgan fingerprint density at radius 1 is 1.28 bits per heavy atom. The predicted molar refractivity (Wildman–Crippen MR) is 73.1 cm³/mol. The van der Waals surface area contributed by atoms with Crippen LogP contribution in [0.4, 0.5) is 0 Å². The van der Waals surface area contributed by atoms with Crippen LogP contribution in [0.15, 0.2) is 12.1 Å². The molecule has 0 bridgehead atoms. The Labute approximate surface area is 109 Å². The molecule has 1 aromatic rings. The molecule has 0 fully saturated rings. The van der Waals surface area contributed by atoms with Crippen molar-refractivity contribution in [1.82, 2.24) is 4.90 Å². The molecule has 1 N–H and O–H groups in total. The molecule has 2 atom stereocenters. The highest BCUT2D eigenvalue weighted by Crippen LogP contribution is 2.38. The molecule has 18 heavy (non-hydrogen) atoms. The minimum absolute atomic E-state index is 0.0596. The standard InChI is InChI=1S/C15H23NO2/c1-5-16(6-2)15-12(17)9-18-13-8-10(3)7-11(4)14(13)15/h7-8,12,15,17H,5-6,9H2,1-4H3. The second kappa shape index (κ2) is 5.29. The summed E-state index contributed by atoms with van der Waals surface area (Å²) in [6, 6.07) is 4.30. The van der Waals surface area contributed by atoms with Crippen LogP contribution in [0.2, 0.25) is 0 Å². The Bertz CT molecular complexity index is 427. The molecule has 100 valence electrons. The summed E-state index contributed by atoms with van der Waals surface area (Å²) in [5.74, 6) is 0.940. The number of ether oxygens (including phenoxy) is 1. The molecule has 0 amide bonds. The SMILES string of the molecule is CCN(CC)C1c2c(C)cc(C)cc2OCC1O. The highest BCUT2D eigenvalue weighted by Gasteiger charge is 2.34. The molecule has 0 aliphatic carbocycles. The van der Waals surface area contributed by atoms with Crippen LogP contribution in [0.1, 0.15) is 36.6 Å². The summed E-state index contributed by atoms with van der Waals surface area (Å²) in [7, 11) is 0. The van der Waals surface area contributed by atoms with Crippen LogP contribution < -0.4 is 4.74 Å². The molecule has 1 aromatic carbocycles. The normalized spacial score (nSPS) is 22.8. The third-order valence-corrected chi connectivity index (χ3v) is 3.77. The van der Waals surface area contributed by atoms with Crippen molar-refractivity contribution in [3.05, 3.63) is 28.8 Å². The van der Waals surface area contributed by atoms with Crippen molar-refractivity contribution in [3.63, 3.8) is 0 Å². The summed E-state index contributed by atoms with van der Waals surface area (Å²) >= 11 is 0. The fourth-order valence-corrected chi connectivity index (χ4v) is 2.94. The van der Waals surface area contributed by atoms with E-state index in [9.17, 15) is 5.11 Å². The van der Waals surface area contributed by atoms with E-state index in [0.29, 0.717) is 6.61 Å². The molecule has 0 spiro atoms. The Morgan fingerprint density at radius 2 is 1.94 bits per heavy atom. The third-order valence-electron chi connectivity index (χ3n) is 3.77. The van der Waals surface area contributed by atoms with Crippen molar-refractivity contribution in [2.45, 2.75) is 39.8 Å². The molecule has 1 aliphatic heterocycles. The lowest BCUT2D eigenvalue weighted by molar-refractivity contribution is 0.00326. The quantitative estimate of drug-likeness (QED) is 0.893. The molecule has 2 rings (SSSR count). The van der Waals surface area contributed by atoms with Gasteiger partial charge in [-0.1, -0.05) is 19.9 Å². The molecule has 3 nitrogen and oxygen atoms in total. The van der Waals surface area contributed by atoms with Crippen molar-refractivity contribution >= 4 is 0 Å². The number of rotatable bonds is 3. The van der Waals surface area contributed by atoms with E-state index in [2.05, 4.69) is 44.7 Å². The van der Waals surface area contributed by atoms with Crippen molar-refractivity contribution in [2.24, 2.45) is 0 Å². The van der Waals surface area contributed by atoms with Crippen LogP contribution >= 0.6 is 0 Å². The smallest absolute Gasteiger partial charge is 0.124 e. The minimum atomic E-state index is -0.446. The van der Waals surface area contributed by atoms with Gasteiger partial charge in [-0.05, 0) is 44.1 Å². The van der Waals surface area contributed by atoms with Crippen LogP contribution in [0.5, 0.6) is 5.75 Å². The molecule has 3 heteroatoms. The van der Waals surface area contributed by atoms with Crippen LogP contribution in [-0.2, 0) is 0 Å². The summed E-state index contributed by atoms with van der Waals surface area (Å²) in [4.78, 5) is 2.30. The van der Waals surface area contributed by atoms with Gasteiger partial charge in [0.15, 0.2) is 0 Å².